The van der Waals surface area contributed by atoms with Gasteiger partial charge in [0.25, 0.3) is 0 Å². The number of carbonyl (C=O) groups is 1. The minimum Gasteiger partial charge on any atom is -0.497 e. The largest absolute Gasteiger partial charge is 0.497 e. The summed E-state index contributed by atoms with van der Waals surface area (Å²) < 4.78 is 12.6. The summed E-state index contributed by atoms with van der Waals surface area (Å²) in [7, 11) is 3.21. The number of aryl methyl sites for hydroxylation is 2. The second kappa shape index (κ2) is 9.09. The summed E-state index contributed by atoms with van der Waals surface area (Å²) in [4.78, 5) is 17.3. The van der Waals surface area contributed by atoms with E-state index in [1.54, 1.807) is 14.2 Å². The Morgan fingerprint density at radius 3 is 2.38 bits per heavy atom. The summed E-state index contributed by atoms with van der Waals surface area (Å²) in [6.07, 6.45) is 0.818. The second-order valence-electron chi connectivity index (χ2n) is 7.53. The van der Waals surface area contributed by atoms with Crippen LogP contribution in [-0.4, -0.2) is 34.9 Å². The van der Waals surface area contributed by atoms with Crippen molar-refractivity contribution in [3.63, 3.8) is 0 Å². The van der Waals surface area contributed by atoms with Crippen LogP contribution in [0.3, 0.4) is 0 Å². The molecule has 0 saturated carbocycles. The molecule has 0 bridgehead atoms. The van der Waals surface area contributed by atoms with Crippen molar-refractivity contribution in [2.24, 2.45) is 0 Å². The predicted octanol–water partition coefficient (Wildman–Crippen LogP) is 4.63. The first-order chi connectivity index (χ1) is 15.5. The third kappa shape index (κ3) is 4.14. The van der Waals surface area contributed by atoms with E-state index in [4.69, 9.17) is 19.6 Å². The maximum Gasteiger partial charge on any atom is 0.224 e. The minimum atomic E-state index is -0.0755. The van der Waals surface area contributed by atoms with Gasteiger partial charge in [-0.15, -0.1) is 0 Å². The first-order valence-electron chi connectivity index (χ1n) is 10.4. The lowest BCUT2D eigenvalue weighted by Gasteiger charge is -2.13. The van der Waals surface area contributed by atoms with Gasteiger partial charge in [0.1, 0.15) is 5.75 Å². The van der Waals surface area contributed by atoms with Gasteiger partial charge in [-0.1, -0.05) is 18.2 Å². The number of benzene rings is 2. The third-order valence-corrected chi connectivity index (χ3v) is 5.50. The molecule has 164 valence electrons. The number of para-hydroxylation sites is 1. The first-order valence-corrected chi connectivity index (χ1v) is 10.4. The van der Waals surface area contributed by atoms with Crippen molar-refractivity contribution in [2.45, 2.75) is 26.7 Å². The number of ether oxygens (including phenoxy) is 2. The molecule has 4 aromatic rings. The fourth-order valence-corrected chi connectivity index (χ4v) is 3.88. The lowest BCUT2D eigenvalue weighted by Crippen LogP contribution is -2.13. The summed E-state index contributed by atoms with van der Waals surface area (Å²) in [5.41, 5.74) is 5.25. The highest BCUT2D eigenvalue weighted by Crippen LogP contribution is 2.32. The van der Waals surface area contributed by atoms with Gasteiger partial charge in [-0.2, -0.15) is 10.1 Å². The molecule has 2 heterocycles. The zero-order chi connectivity index (χ0) is 22.7. The number of fused-ring (bicyclic) bond motifs is 1. The molecule has 0 aliphatic heterocycles. The van der Waals surface area contributed by atoms with Crippen LogP contribution in [0.25, 0.3) is 16.7 Å². The van der Waals surface area contributed by atoms with Gasteiger partial charge in [0.2, 0.25) is 11.8 Å². The number of carbonyl (C=O) groups excluding carboxylic acids is 1. The van der Waals surface area contributed by atoms with E-state index in [1.165, 1.54) is 0 Å². The van der Waals surface area contributed by atoms with Crippen molar-refractivity contribution in [1.82, 2.24) is 14.8 Å². The number of hydrogen-bond acceptors (Lipinski definition) is 5. The fourth-order valence-electron chi connectivity index (χ4n) is 3.88. The second-order valence-corrected chi connectivity index (χ2v) is 7.53. The third-order valence-electron chi connectivity index (χ3n) is 5.50. The number of amides is 1. The number of anilines is 1. The Hall–Kier alpha value is -3.87. The SMILES string of the molecule is COc1ccc(NC(=O)CCc2c(OC)nc3c(c(C)nn3-c3ccccc3)c2C)cc1. The molecule has 0 aliphatic rings. The summed E-state index contributed by atoms with van der Waals surface area (Å²) in [5, 5.41) is 8.62. The number of hydrogen-bond donors (Lipinski definition) is 1. The van der Waals surface area contributed by atoms with Crippen LogP contribution in [0.1, 0.15) is 23.2 Å². The molecule has 0 spiro atoms. The van der Waals surface area contributed by atoms with Gasteiger partial charge in [0, 0.05) is 23.1 Å². The van der Waals surface area contributed by atoms with Crippen LogP contribution in [0.15, 0.2) is 54.6 Å². The van der Waals surface area contributed by atoms with Gasteiger partial charge >= 0.3 is 0 Å². The van der Waals surface area contributed by atoms with E-state index in [0.29, 0.717) is 18.7 Å². The van der Waals surface area contributed by atoms with Crippen molar-refractivity contribution in [3.05, 3.63) is 71.4 Å². The van der Waals surface area contributed by atoms with Crippen molar-refractivity contribution in [2.75, 3.05) is 19.5 Å². The normalized spacial score (nSPS) is 10.9. The molecule has 0 aliphatic carbocycles. The Bertz CT molecular complexity index is 1250. The van der Waals surface area contributed by atoms with Crippen LogP contribution in [0.5, 0.6) is 11.6 Å². The van der Waals surface area contributed by atoms with Gasteiger partial charge in [-0.3, -0.25) is 4.79 Å². The Kier molecular flexibility index (Phi) is 6.07. The highest BCUT2D eigenvalue weighted by atomic mass is 16.5. The average molecular weight is 431 g/mol. The van der Waals surface area contributed by atoms with E-state index in [9.17, 15) is 4.79 Å². The lowest BCUT2D eigenvalue weighted by molar-refractivity contribution is -0.116. The average Bonchev–Trinajstić information content (AvgIpc) is 3.15. The Labute approximate surface area is 187 Å². The van der Waals surface area contributed by atoms with E-state index >= 15 is 0 Å². The predicted molar refractivity (Wildman–Crippen MR) is 125 cm³/mol. The van der Waals surface area contributed by atoms with Crippen molar-refractivity contribution >= 4 is 22.6 Å². The number of methoxy groups -OCH3 is 2. The highest BCUT2D eigenvalue weighted by Gasteiger charge is 2.20. The molecule has 32 heavy (non-hydrogen) atoms. The van der Waals surface area contributed by atoms with E-state index in [-0.39, 0.29) is 5.91 Å². The molecule has 4 rings (SSSR count). The molecule has 2 aromatic carbocycles. The smallest absolute Gasteiger partial charge is 0.224 e. The van der Waals surface area contributed by atoms with Crippen LogP contribution >= 0.6 is 0 Å². The van der Waals surface area contributed by atoms with Crippen LogP contribution in [0.4, 0.5) is 5.69 Å². The maximum atomic E-state index is 12.6. The molecule has 1 N–H and O–H groups in total. The van der Waals surface area contributed by atoms with Crippen molar-refractivity contribution in [3.8, 4) is 17.3 Å². The van der Waals surface area contributed by atoms with Gasteiger partial charge in [-0.25, -0.2) is 4.68 Å². The maximum absolute atomic E-state index is 12.6. The molecule has 0 radical (unpaired) electrons. The number of nitrogens with zero attached hydrogens (tertiary/aromatic N) is 3. The molecular weight excluding hydrogens is 404 g/mol. The van der Waals surface area contributed by atoms with Crippen molar-refractivity contribution < 1.29 is 14.3 Å². The Morgan fingerprint density at radius 1 is 1.00 bits per heavy atom. The van der Waals surface area contributed by atoms with Gasteiger partial charge in [0.05, 0.1) is 25.6 Å². The van der Waals surface area contributed by atoms with Gasteiger partial charge < -0.3 is 14.8 Å². The molecule has 0 saturated heterocycles. The summed E-state index contributed by atoms with van der Waals surface area (Å²) in [5.74, 6) is 1.19. The van der Waals surface area contributed by atoms with E-state index in [0.717, 1.165) is 45.0 Å². The van der Waals surface area contributed by atoms with Crippen LogP contribution in [0.2, 0.25) is 0 Å². The Morgan fingerprint density at radius 2 is 1.72 bits per heavy atom. The summed E-state index contributed by atoms with van der Waals surface area (Å²) >= 11 is 0. The molecule has 7 heteroatoms. The van der Waals surface area contributed by atoms with Gasteiger partial charge in [-0.05, 0) is 62.2 Å². The summed E-state index contributed by atoms with van der Waals surface area (Å²) in [6, 6.07) is 17.2. The number of pyridine rings is 1. The van der Waals surface area contributed by atoms with E-state index < -0.39 is 0 Å². The molecule has 2 aromatic heterocycles. The Balaban J connectivity index is 1.60. The topological polar surface area (TPSA) is 78.3 Å². The zero-order valence-electron chi connectivity index (χ0n) is 18.7. The lowest BCUT2D eigenvalue weighted by atomic mass is 10.0. The quantitative estimate of drug-likeness (QED) is 0.463. The molecule has 1 amide bonds. The van der Waals surface area contributed by atoms with Crippen LogP contribution in [-0.2, 0) is 11.2 Å². The molecular formula is C25H26N4O3. The van der Waals surface area contributed by atoms with E-state index in [2.05, 4.69) is 5.32 Å². The summed E-state index contributed by atoms with van der Waals surface area (Å²) in [6.45, 7) is 4.01. The molecule has 7 nitrogen and oxygen atoms in total. The number of aromatic nitrogens is 3. The zero-order valence-corrected chi connectivity index (χ0v) is 18.7. The minimum absolute atomic E-state index is 0.0755. The number of nitrogens with one attached hydrogen (secondary N) is 1. The molecule has 0 atom stereocenters. The van der Waals surface area contributed by atoms with Crippen molar-refractivity contribution in [1.29, 1.82) is 0 Å². The highest BCUT2D eigenvalue weighted by molar-refractivity contribution is 5.91. The number of rotatable bonds is 7. The standard InChI is InChI=1S/C25H26N4O3/c1-16-21(14-15-22(30)26-18-10-12-20(31-3)13-11-18)25(32-4)27-24-23(16)17(2)28-29(24)19-8-6-5-7-9-19/h5-13H,14-15H2,1-4H3,(H,26,30). The van der Waals surface area contributed by atoms with E-state index in [1.807, 2.05) is 73.1 Å². The van der Waals surface area contributed by atoms with Crippen LogP contribution in [0, 0.1) is 13.8 Å². The monoisotopic (exact) mass is 430 g/mol. The molecule has 0 unspecified atom stereocenters. The van der Waals surface area contributed by atoms with Crippen LogP contribution < -0.4 is 14.8 Å². The first kappa shape index (κ1) is 21.4. The molecule has 0 fully saturated rings. The fraction of sp³-hybridized carbons (Fsp3) is 0.240. The van der Waals surface area contributed by atoms with Gasteiger partial charge in [0.15, 0.2) is 5.65 Å².